The van der Waals surface area contributed by atoms with Crippen LogP contribution in [0.3, 0.4) is 0 Å². The van der Waals surface area contributed by atoms with Gasteiger partial charge in [-0.05, 0) is 61.7 Å². The van der Waals surface area contributed by atoms with Gasteiger partial charge in [-0.2, -0.15) is 0 Å². The van der Waals surface area contributed by atoms with Crippen LogP contribution in [0.15, 0.2) is 46.0 Å². The fourth-order valence-corrected chi connectivity index (χ4v) is 8.65. The van der Waals surface area contributed by atoms with E-state index in [4.69, 9.17) is 28.4 Å². The molecule has 0 saturated carbocycles. The van der Waals surface area contributed by atoms with Crippen molar-refractivity contribution in [1.29, 1.82) is 0 Å². The highest BCUT2D eigenvalue weighted by Crippen LogP contribution is 2.55. The van der Waals surface area contributed by atoms with E-state index in [1.807, 2.05) is 0 Å². The molecule has 322 valence electrons. The molecule has 0 spiro atoms. The molecule has 7 aromatic carbocycles. The third-order valence-corrected chi connectivity index (χ3v) is 11.0. The second kappa shape index (κ2) is 15.8. The van der Waals surface area contributed by atoms with Crippen molar-refractivity contribution in [3.63, 3.8) is 0 Å². The van der Waals surface area contributed by atoms with E-state index >= 15 is 0 Å². The standard InChI is InChI=1S/C46H42O16/c1-17-9-21(47)13-25(49)31(17)45(55)61-19(3)11-23-33-34-24(12-20(4)62-46(56)32-18(2)10-22(48)14-26(32)50)44(60-8)42(54)36-28(52)16-30(58-6)38(40(34)36)37-29(57-5)15-27(51)35(39(33)37)41(53)43(23)59-7/h9-10,13-16,19-20,47-50,53-54H,11-12H2,1-8H3/t19-,20-/m0/s1. The van der Waals surface area contributed by atoms with Crippen molar-refractivity contribution in [3.05, 3.63) is 90.2 Å². The third-order valence-electron chi connectivity index (χ3n) is 11.0. The van der Waals surface area contributed by atoms with Crippen LogP contribution in [0.5, 0.6) is 57.5 Å². The van der Waals surface area contributed by atoms with Gasteiger partial charge in [-0.3, -0.25) is 9.59 Å². The lowest BCUT2D eigenvalue weighted by atomic mass is 9.81. The summed E-state index contributed by atoms with van der Waals surface area (Å²) in [5.41, 5.74) is -1.01. The lowest BCUT2D eigenvalue weighted by molar-refractivity contribution is 0.0326. The van der Waals surface area contributed by atoms with Gasteiger partial charge in [-0.1, -0.05) is 0 Å². The number of fused-ring (bicyclic) bond motifs is 2. The number of phenolic OH excluding ortho intramolecular Hbond substituents is 6. The number of benzene rings is 7. The fourth-order valence-electron chi connectivity index (χ4n) is 8.65. The minimum Gasteiger partial charge on any atom is -0.508 e. The summed E-state index contributed by atoms with van der Waals surface area (Å²) in [7, 11) is 5.16. The Bertz CT molecular complexity index is 2860. The van der Waals surface area contributed by atoms with Crippen molar-refractivity contribution in [2.24, 2.45) is 0 Å². The van der Waals surface area contributed by atoms with E-state index in [0.29, 0.717) is 0 Å². The Balaban J connectivity index is 1.60. The van der Waals surface area contributed by atoms with E-state index in [9.17, 15) is 49.8 Å². The van der Waals surface area contributed by atoms with Crippen LogP contribution in [0, 0.1) is 13.8 Å². The molecule has 0 fully saturated rings. The fraction of sp³-hybridized carbons (Fsp3) is 0.261. The molecule has 0 saturated heterocycles. The summed E-state index contributed by atoms with van der Waals surface area (Å²) < 4.78 is 34.9. The van der Waals surface area contributed by atoms with Gasteiger partial charge in [-0.25, -0.2) is 9.59 Å². The molecular formula is C46H42O16. The number of carbonyl (C=O) groups excluding carboxylic acids is 2. The number of carbonyl (C=O) groups is 2. The number of esters is 2. The first-order valence-electron chi connectivity index (χ1n) is 19.1. The molecule has 2 atom stereocenters. The first-order valence-corrected chi connectivity index (χ1v) is 19.1. The number of aryl methyl sites for hydroxylation is 2. The van der Waals surface area contributed by atoms with Crippen LogP contribution in [0.4, 0.5) is 0 Å². The molecule has 0 amide bonds. The van der Waals surface area contributed by atoms with Crippen LogP contribution in [0.25, 0.3) is 43.1 Å². The first kappa shape index (κ1) is 42.5. The second-order valence-electron chi connectivity index (χ2n) is 15.0. The van der Waals surface area contributed by atoms with Crippen molar-refractivity contribution < 1.29 is 68.6 Å². The minimum atomic E-state index is -1.07. The Morgan fingerprint density at radius 1 is 0.500 bits per heavy atom. The van der Waals surface area contributed by atoms with Crippen LogP contribution < -0.4 is 29.8 Å². The van der Waals surface area contributed by atoms with Crippen molar-refractivity contribution in [2.75, 3.05) is 28.4 Å². The van der Waals surface area contributed by atoms with Gasteiger partial charge >= 0.3 is 11.9 Å². The average molecular weight is 851 g/mol. The van der Waals surface area contributed by atoms with E-state index in [1.165, 1.54) is 68.3 Å². The summed E-state index contributed by atoms with van der Waals surface area (Å²) in [6.07, 6.45) is -2.63. The Hall–Kier alpha value is -7.62. The Morgan fingerprint density at radius 2 is 0.855 bits per heavy atom. The highest BCUT2D eigenvalue weighted by atomic mass is 16.5. The minimum absolute atomic E-state index is 0.0177. The molecule has 0 aliphatic carbocycles. The summed E-state index contributed by atoms with van der Waals surface area (Å²) >= 11 is 0. The van der Waals surface area contributed by atoms with E-state index in [2.05, 4.69) is 0 Å². The van der Waals surface area contributed by atoms with E-state index in [-0.39, 0.29) is 124 Å². The molecule has 0 radical (unpaired) electrons. The molecule has 0 unspecified atom stereocenters. The highest BCUT2D eigenvalue weighted by Gasteiger charge is 2.34. The molecule has 0 aliphatic rings. The molecule has 0 bridgehead atoms. The largest absolute Gasteiger partial charge is 0.508 e. The van der Waals surface area contributed by atoms with Gasteiger partial charge in [0, 0.05) is 69.8 Å². The lowest BCUT2D eigenvalue weighted by Crippen LogP contribution is -2.20. The number of hydrogen-bond donors (Lipinski definition) is 6. The highest BCUT2D eigenvalue weighted by molar-refractivity contribution is 6.38. The topological polar surface area (TPSA) is 245 Å². The van der Waals surface area contributed by atoms with Crippen LogP contribution in [0.1, 0.15) is 56.8 Å². The number of rotatable bonds is 12. The molecule has 0 heterocycles. The van der Waals surface area contributed by atoms with Gasteiger partial charge in [0.1, 0.15) is 57.8 Å². The summed E-state index contributed by atoms with van der Waals surface area (Å²) in [6, 6.07) is 6.85. The Kier molecular flexibility index (Phi) is 10.8. The summed E-state index contributed by atoms with van der Waals surface area (Å²) in [5.74, 6) is -5.00. The number of phenols is 6. The SMILES string of the molecule is COc1c(O)c2c(=O)cc(OC)c3c4c(OC)cc(=O)c5c(O)c(OC)c(C[C@H](C)OC(=O)c6c(C)cc(O)cc6O)c(c(c1C[C@H](C)OC(=O)c1c(C)cc(O)cc1O)c23)c54. The zero-order valence-corrected chi connectivity index (χ0v) is 34.8. The maximum Gasteiger partial charge on any atom is 0.342 e. The van der Waals surface area contributed by atoms with Crippen LogP contribution in [-0.4, -0.2) is 83.2 Å². The maximum atomic E-state index is 14.1. The first-order chi connectivity index (χ1) is 29.4. The molecule has 0 aromatic heterocycles. The number of aromatic hydroxyl groups is 6. The molecule has 16 nitrogen and oxygen atoms in total. The Morgan fingerprint density at radius 3 is 1.16 bits per heavy atom. The zero-order chi connectivity index (χ0) is 45.2. The smallest absolute Gasteiger partial charge is 0.342 e. The molecule has 6 N–H and O–H groups in total. The predicted octanol–water partition coefficient (Wildman–Crippen LogP) is 6.36. The maximum absolute atomic E-state index is 14.1. The van der Waals surface area contributed by atoms with Crippen LogP contribution >= 0.6 is 0 Å². The molecule has 7 rings (SSSR count). The zero-order valence-electron chi connectivity index (χ0n) is 34.8. The molecule has 62 heavy (non-hydrogen) atoms. The van der Waals surface area contributed by atoms with E-state index < -0.39 is 58.0 Å². The summed E-state index contributed by atoms with van der Waals surface area (Å²) in [4.78, 5) is 55.4. The van der Waals surface area contributed by atoms with Gasteiger partial charge < -0.3 is 59.1 Å². The van der Waals surface area contributed by atoms with E-state index in [0.717, 1.165) is 24.3 Å². The van der Waals surface area contributed by atoms with Crippen LogP contribution in [-0.2, 0) is 22.3 Å². The van der Waals surface area contributed by atoms with Crippen molar-refractivity contribution >= 4 is 55.0 Å². The molecular weight excluding hydrogens is 808 g/mol. The van der Waals surface area contributed by atoms with Gasteiger partial charge in [0.2, 0.25) is 0 Å². The average Bonchev–Trinajstić information content (AvgIpc) is 3.17. The normalized spacial score (nSPS) is 12.5. The van der Waals surface area contributed by atoms with Gasteiger partial charge in [0.05, 0.1) is 39.2 Å². The molecule has 16 heteroatoms. The van der Waals surface area contributed by atoms with Gasteiger partial charge in [-0.15, -0.1) is 0 Å². The predicted molar refractivity (Wildman–Crippen MR) is 227 cm³/mol. The Labute approximate surface area is 351 Å². The van der Waals surface area contributed by atoms with Crippen molar-refractivity contribution in [1.82, 2.24) is 0 Å². The van der Waals surface area contributed by atoms with Crippen molar-refractivity contribution in [2.45, 2.75) is 52.7 Å². The monoisotopic (exact) mass is 850 g/mol. The number of ether oxygens (including phenoxy) is 6. The molecule has 7 aromatic rings. The number of hydrogen-bond acceptors (Lipinski definition) is 16. The van der Waals surface area contributed by atoms with Crippen molar-refractivity contribution in [3.8, 4) is 57.5 Å². The third kappa shape index (κ3) is 6.63. The quantitative estimate of drug-likeness (QED) is 0.0445. The molecule has 0 aliphatic heterocycles. The van der Waals surface area contributed by atoms with Gasteiger partial charge in [0.25, 0.3) is 0 Å². The van der Waals surface area contributed by atoms with Crippen LogP contribution in [0.2, 0.25) is 0 Å². The van der Waals surface area contributed by atoms with E-state index in [1.54, 1.807) is 0 Å². The second-order valence-corrected chi connectivity index (χ2v) is 15.0. The summed E-state index contributed by atoms with van der Waals surface area (Å²) in [5, 5.41) is 65.6. The summed E-state index contributed by atoms with van der Waals surface area (Å²) in [6.45, 7) is 6.07. The lowest BCUT2D eigenvalue weighted by Gasteiger charge is -2.26. The van der Waals surface area contributed by atoms with Gasteiger partial charge in [0.15, 0.2) is 33.9 Å². The number of methoxy groups -OCH3 is 4.